The van der Waals surface area contributed by atoms with Crippen molar-refractivity contribution in [3.8, 4) is 0 Å². The van der Waals surface area contributed by atoms with E-state index in [-0.39, 0.29) is 0 Å². The Kier molecular flexibility index (Phi) is 3.42. The number of anilines is 1. The Morgan fingerprint density at radius 3 is 2.38 bits per heavy atom. The summed E-state index contributed by atoms with van der Waals surface area (Å²) < 4.78 is 5.44. The van der Waals surface area contributed by atoms with Gasteiger partial charge < -0.3 is 9.73 Å². The third kappa shape index (κ3) is 2.94. The zero-order valence-corrected chi connectivity index (χ0v) is 10.3. The van der Waals surface area contributed by atoms with E-state index in [0.717, 1.165) is 17.2 Å². The number of hydrogen-bond donors (Lipinski definition) is 1. The van der Waals surface area contributed by atoms with E-state index in [2.05, 4.69) is 5.32 Å². The van der Waals surface area contributed by atoms with Gasteiger partial charge in [-0.15, -0.1) is 0 Å². The molecule has 1 heterocycles. The smallest absolute Gasteiger partial charge is 0.123 e. The van der Waals surface area contributed by atoms with Gasteiger partial charge in [0.2, 0.25) is 0 Å². The van der Waals surface area contributed by atoms with Gasteiger partial charge in [0.05, 0.1) is 6.54 Å². The van der Waals surface area contributed by atoms with Crippen molar-refractivity contribution < 1.29 is 4.42 Å². The number of furan rings is 1. The van der Waals surface area contributed by atoms with Gasteiger partial charge in [-0.1, -0.05) is 23.2 Å². The van der Waals surface area contributed by atoms with Crippen molar-refractivity contribution in [1.82, 2.24) is 0 Å². The van der Waals surface area contributed by atoms with E-state index >= 15 is 0 Å². The zero-order chi connectivity index (χ0) is 11.5. The Bertz CT molecular complexity index is 473. The summed E-state index contributed by atoms with van der Waals surface area (Å²) >= 11 is 11.8. The average molecular weight is 256 g/mol. The van der Waals surface area contributed by atoms with Crippen LogP contribution >= 0.6 is 23.2 Å². The molecule has 16 heavy (non-hydrogen) atoms. The first-order valence-corrected chi connectivity index (χ1v) is 5.64. The first kappa shape index (κ1) is 11.4. The normalized spacial score (nSPS) is 10.4. The van der Waals surface area contributed by atoms with Gasteiger partial charge >= 0.3 is 0 Å². The molecule has 0 atom stereocenters. The summed E-state index contributed by atoms with van der Waals surface area (Å²) in [7, 11) is 0. The van der Waals surface area contributed by atoms with Gasteiger partial charge in [-0.25, -0.2) is 0 Å². The molecule has 0 unspecified atom stereocenters. The minimum absolute atomic E-state index is 0.616. The lowest BCUT2D eigenvalue weighted by molar-refractivity contribution is 0.490. The van der Waals surface area contributed by atoms with E-state index in [1.165, 1.54) is 0 Å². The van der Waals surface area contributed by atoms with Crippen LogP contribution in [0.25, 0.3) is 0 Å². The Morgan fingerprint density at radius 1 is 1.12 bits per heavy atom. The van der Waals surface area contributed by atoms with Crippen molar-refractivity contribution in [2.24, 2.45) is 0 Å². The summed E-state index contributed by atoms with van der Waals surface area (Å²) in [6.07, 6.45) is 0. The molecule has 84 valence electrons. The van der Waals surface area contributed by atoms with Crippen molar-refractivity contribution in [3.63, 3.8) is 0 Å². The van der Waals surface area contributed by atoms with Crippen molar-refractivity contribution >= 4 is 28.9 Å². The zero-order valence-electron chi connectivity index (χ0n) is 8.76. The summed E-state index contributed by atoms with van der Waals surface area (Å²) in [6.45, 7) is 2.53. The average Bonchev–Trinajstić information content (AvgIpc) is 2.60. The molecule has 0 aliphatic carbocycles. The van der Waals surface area contributed by atoms with Crippen molar-refractivity contribution in [2.75, 3.05) is 5.32 Å². The number of benzene rings is 1. The maximum atomic E-state index is 5.89. The van der Waals surface area contributed by atoms with Crippen molar-refractivity contribution in [3.05, 3.63) is 51.9 Å². The van der Waals surface area contributed by atoms with Gasteiger partial charge in [0.1, 0.15) is 11.5 Å². The minimum atomic E-state index is 0.616. The van der Waals surface area contributed by atoms with Crippen LogP contribution in [0.3, 0.4) is 0 Å². The molecule has 2 rings (SSSR count). The second-order valence-electron chi connectivity index (χ2n) is 3.52. The van der Waals surface area contributed by atoms with Gasteiger partial charge in [-0.05, 0) is 37.3 Å². The van der Waals surface area contributed by atoms with Crippen molar-refractivity contribution in [1.29, 1.82) is 0 Å². The van der Waals surface area contributed by atoms with Gasteiger partial charge in [0.15, 0.2) is 0 Å². The van der Waals surface area contributed by atoms with Gasteiger partial charge in [-0.2, -0.15) is 0 Å². The van der Waals surface area contributed by atoms with Crippen molar-refractivity contribution in [2.45, 2.75) is 13.5 Å². The summed E-state index contributed by atoms with van der Waals surface area (Å²) in [5.41, 5.74) is 0.881. The lowest BCUT2D eigenvalue weighted by atomic mass is 10.3. The predicted octanol–water partition coefficient (Wildman–Crippen LogP) is 4.51. The highest BCUT2D eigenvalue weighted by atomic mass is 35.5. The highest BCUT2D eigenvalue weighted by molar-refractivity contribution is 6.35. The summed E-state index contributed by atoms with van der Waals surface area (Å²) in [5, 5.41) is 4.43. The monoisotopic (exact) mass is 255 g/mol. The summed E-state index contributed by atoms with van der Waals surface area (Å²) in [6, 6.07) is 9.22. The molecule has 1 aromatic carbocycles. The fourth-order valence-corrected chi connectivity index (χ4v) is 1.95. The maximum Gasteiger partial charge on any atom is 0.123 e. The fraction of sp³-hybridized carbons (Fsp3) is 0.167. The van der Waals surface area contributed by atoms with Crippen LogP contribution in [-0.2, 0) is 6.54 Å². The Balaban J connectivity index is 2.04. The number of hydrogen-bond acceptors (Lipinski definition) is 2. The van der Waals surface area contributed by atoms with E-state index in [4.69, 9.17) is 27.6 Å². The highest BCUT2D eigenvalue weighted by Gasteiger charge is 2.00. The molecular weight excluding hydrogens is 245 g/mol. The van der Waals surface area contributed by atoms with Crippen LogP contribution in [0.15, 0.2) is 34.7 Å². The van der Waals surface area contributed by atoms with Gasteiger partial charge in [0.25, 0.3) is 0 Å². The van der Waals surface area contributed by atoms with Crippen LogP contribution in [0, 0.1) is 6.92 Å². The number of aryl methyl sites for hydroxylation is 1. The molecule has 0 fully saturated rings. The molecule has 4 heteroatoms. The summed E-state index contributed by atoms with van der Waals surface area (Å²) in [5.74, 6) is 1.79. The van der Waals surface area contributed by atoms with E-state index in [1.807, 2.05) is 31.2 Å². The van der Waals surface area contributed by atoms with Crippen LogP contribution in [-0.4, -0.2) is 0 Å². The number of halogens is 2. The van der Waals surface area contributed by atoms with E-state index in [0.29, 0.717) is 16.6 Å². The lowest BCUT2D eigenvalue weighted by Crippen LogP contribution is -1.97. The standard InChI is InChI=1S/C12H11Cl2NO/c1-8-2-3-12(16-8)7-15-11-5-9(13)4-10(14)6-11/h2-6,15H,7H2,1H3. The number of nitrogens with one attached hydrogen (secondary N) is 1. The molecule has 0 bridgehead atoms. The Morgan fingerprint density at radius 2 is 1.81 bits per heavy atom. The second kappa shape index (κ2) is 4.81. The molecule has 0 radical (unpaired) electrons. The number of rotatable bonds is 3. The molecule has 0 saturated carbocycles. The summed E-state index contributed by atoms with van der Waals surface area (Å²) in [4.78, 5) is 0. The van der Waals surface area contributed by atoms with Gasteiger partial charge in [0, 0.05) is 15.7 Å². The minimum Gasteiger partial charge on any atom is -0.465 e. The molecule has 0 saturated heterocycles. The Labute approximate surface area is 104 Å². The lowest BCUT2D eigenvalue weighted by Gasteiger charge is -2.05. The SMILES string of the molecule is Cc1ccc(CNc2cc(Cl)cc(Cl)c2)o1. The van der Waals surface area contributed by atoms with Crippen LogP contribution in [0.5, 0.6) is 0 Å². The highest BCUT2D eigenvalue weighted by Crippen LogP contribution is 2.23. The largest absolute Gasteiger partial charge is 0.465 e. The van der Waals surface area contributed by atoms with Crippen LogP contribution < -0.4 is 5.32 Å². The second-order valence-corrected chi connectivity index (χ2v) is 4.40. The Hall–Kier alpha value is -1.12. The predicted molar refractivity (Wildman–Crippen MR) is 67.2 cm³/mol. The molecule has 0 aliphatic rings. The third-order valence-electron chi connectivity index (χ3n) is 2.13. The third-order valence-corrected chi connectivity index (χ3v) is 2.56. The molecule has 0 amide bonds. The van der Waals surface area contributed by atoms with Crippen LogP contribution in [0.1, 0.15) is 11.5 Å². The molecule has 0 aliphatic heterocycles. The molecule has 1 N–H and O–H groups in total. The molecule has 2 aromatic rings. The molecule has 0 spiro atoms. The van der Waals surface area contributed by atoms with Crippen LogP contribution in [0.4, 0.5) is 5.69 Å². The molecule has 2 nitrogen and oxygen atoms in total. The molecule has 1 aromatic heterocycles. The quantitative estimate of drug-likeness (QED) is 0.874. The van der Waals surface area contributed by atoms with Crippen LogP contribution in [0.2, 0.25) is 10.0 Å². The first-order chi connectivity index (χ1) is 7.63. The van der Waals surface area contributed by atoms with E-state index < -0.39 is 0 Å². The molecular formula is C12H11Cl2NO. The first-order valence-electron chi connectivity index (χ1n) is 4.89. The van der Waals surface area contributed by atoms with Gasteiger partial charge in [-0.3, -0.25) is 0 Å². The topological polar surface area (TPSA) is 25.2 Å². The fourth-order valence-electron chi connectivity index (χ4n) is 1.43. The maximum absolute atomic E-state index is 5.89. The van der Waals surface area contributed by atoms with E-state index in [9.17, 15) is 0 Å². The van der Waals surface area contributed by atoms with E-state index in [1.54, 1.807) is 6.07 Å².